The third-order valence-electron chi connectivity index (χ3n) is 2.22. The molecular formula is C11H14O4S2. The lowest BCUT2D eigenvalue weighted by atomic mass is 10.4. The van der Waals surface area contributed by atoms with Gasteiger partial charge in [-0.25, -0.2) is 8.42 Å². The van der Waals surface area contributed by atoms with Crippen LogP contribution in [-0.4, -0.2) is 33.5 Å². The van der Waals surface area contributed by atoms with E-state index in [1.807, 2.05) is 6.26 Å². The van der Waals surface area contributed by atoms with Crippen LogP contribution in [0.15, 0.2) is 34.1 Å². The second kappa shape index (κ2) is 6.07. The number of benzene rings is 1. The average Bonchev–Trinajstić information content (AvgIpc) is 2.36. The van der Waals surface area contributed by atoms with E-state index in [4.69, 9.17) is 0 Å². The van der Waals surface area contributed by atoms with Crippen molar-refractivity contribution in [2.75, 3.05) is 19.1 Å². The van der Waals surface area contributed by atoms with E-state index in [9.17, 15) is 13.2 Å². The number of hydrogen-bond acceptors (Lipinski definition) is 5. The van der Waals surface area contributed by atoms with E-state index >= 15 is 0 Å². The molecule has 0 radical (unpaired) electrons. The first-order valence-corrected chi connectivity index (χ1v) is 7.81. The van der Waals surface area contributed by atoms with Gasteiger partial charge in [0.15, 0.2) is 9.84 Å². The van der Waals surface area contributed by atoms with E-state index < -0.39 is 15.8 Å². The van der Waals surface area contributed by atoms with Gasteiger partial charge in [0, 0.05) is 4.90 Å². The summed E-state index contributed by atoms with van der Waals surface area (Å²) in [4.78, 5) is 12.1. The number of carbonyl (C=O) groups is 1. The van der Waals surface area contributed by atoms with Crippen LogP contribution >= 0.6 is 11.8 Å². The molecule has 4 nitrogen and oxygen atoms in total. The summed E-state index contributed by atoms with van der Waals surface area (Å²) in [5.74, 6) is -0.743. The van der Waals surface area contributed by atoms with Crippen LogP contribution in [0.4, 0.5) is 0 Å². The minimum absolute atomic E-state index is 0.122. The maximum Gasteiger partial charge on any atom is 0.306 e. The molecule has 0 aromatic heterocycles. The number of rotatable bonds is 5. The van der Waals surface area contributed by atoms with Crippen LogP contribution in [0.5, 0.6) is 0 Å². The van der Waals surface area contributed by atoms with Gasteiger partial charge in [-0.05, 0) is 30.5 Å². The molecule has 0 heterocycles. The SMILES string of the molecule is COC(=O)CCS(=O)(=O)c1ccc(SC)cc1. The van der Waals surface area contributed by atoms with Crippen LogP contribution in [0.1, 0.15) is 6.42 Å². The van der Waals surface area contributed by atoms with Crippen molar-refractivity contribution in [1.29, 1.82) is 0 Å². The molecule has 0 fully saturated rings. The Balaban J connectivity index is 2.78. The first-order chi connectivity index (χ1) is 7.99. The van der Waals surface area contributed by atoms with Crippen LogP contribution in [0.25, 0.3) is 0 Å². The fourth-order valence-corrected chi connectivity index (χ4v) is 2.85. The lowest BCUT2D eigenvalue weighted by molar-refractivity contribution is -0.140. The molecule has 0 aliphatic carbocycles. The number of sulfone groups is 1. The van der Waals surface area contributed by atoms with Crippen molar-refractivity contribution in [2.24, 2.45) is 0 Å². The largest absolute Gasteiger partial charge is 0.469 e. The van der Waals surface area contributed by atoms with E-state index in [1.165, 1.54) is 7.11 Å². The highest BCUT2D eigenvalue weighted by Gasteiger charge is 2.16. The van der Waals surface area contributed by atoms with Gasteiger partial charge < -0.3 is 4.74 Å². The van der Waals surface area contributed by atoms with Crippen molar-refractivity contribution < 1.29 is 17.9 Å². The van der Waals surface area contributed by atoms with Crippen LogP contribution < -0.4 is 0 Å². The molecule has 0 bridgehead atoms. The van der Waals surface area contributed by atoms with Crippen molar-refractivity contribution in [1.82, 2.24) is 0 Å². The number of ether oxygens (including phenoxy) is 1. The molecule has 0 unspecified atom stereocenters. The van der Waals surface area contributed by atoms with Crippen molar-refractivity contribution >= 4 is 27.6 Å². The second-order valence-electron chi connectivity index (χ2n) is 3.32. The van der Waals surface area contributed by atoms with E-state index in [-0.39, 0.29) is 17.1 Å². The molecule has 0 aliphatic heterocycles. The predicted octanol–water partition coefficient (Wildman–Crippen LogP) is 1.75. The zero-order valence-corrected chi connectivity index (χ0v) is 11.3. The third-order valence-corrected chi connectivity index (χ3v) is 4.70. The maximum absolute atomic E-state index is 11.8. The Morgan fingerprint density at radius 1 is 1.29 bits per heavy atom. The summed E-state index contributed by atoms with van der Waals surface area (Å²) in [6.07, 6.45) is 1.80. The van der Waals surface area contributed by atoms with Gasteiger partial charge in [0.05, 0.1) is 24.2 Å². The summed E-state index contributed by atoms with van der Waals surface area (Å²) >= 11 is 1.54. The molecule has 1 aromatic rings. The van der Waals surface area contributed by atoms with E-state index in [0.29, 0.717) is 0 Å². The van der Waals surface area contributed by atoms with E-state index in [2.05, 4.69) is 4.74 Å². The van der Waals surface area contributed by atoms with Crippen molar-refractivity contribution in [3.05, 3.63) is 24.3 Å². The highest BCUT2D eigenvalue weighted by molar-refractivity contribution is 7.98. The normalized spacial score (nSPS) is 11.2. The van der Waals surface area contributed by atoms with Crippen LogP contribution in [0.2, 0.25) is 0 Å². The minimum atomic E-state index is -3.40. The molecule has 0 atom stereocenters. The first kappa shape index (κ1) is 14.1. The van der Waals surface area contributed by atoms with Gasteiger partial charge >= 0.3 is 5.97 Å². The van der Waals surface area contributed by atoms with Crippen LogP contribution in [0.3, 0.4) is 0 Å². The molecule has 0 spiro atoms. The van der Waals surface area contributed by atoms with Gasteiger partial charge in [0.2, 0.25) is 0 Å². The van der Waals surface area contributed by atoms with Gasteiger partial charge in [-0.15, -0.1) is 11.8 Å². The van der Waals surface area contributed by atoms with Crippen molar-refractivity contribution in [3.8, 4) is 0 Å². The highest BCUT2D eigenvalue weighted by atomic mass is 32.2. The molecule has 0 saturated heterocycles. The quantitative estimate of drug-likeness (QED) is 0.604. The van der Waals surface area contributed by atoms with Gasteiger partial charge in [0.25, 0.3) is 0 Å². The molecular weight excluding hydrogens is 260 g/mol. The van der Waals surface area contributed by atoms with Gasteiger partial charge in [-0.3, -0.25) is 4.79 Å². The van der Waals surface area contributed by atoms with Crippen molar-refractivity contribution in [2.45, 2.75) is 16.2 Å². The van der Waals surface area contributed by atoms with E-state index in [0.717, 1.165) is 4.90 Å². The Kier molecular flexibility index (Phi) is 5.02. The number of esters is 1. The third kappa shape index (κ3) is 4.05. The summed E-state index contributed by atoms with van der Waals surface area (Å²) < 4.78 is 28.1. The van der Waals surface area contributed by atoms with Gasteiger partial charge in [-0.2, -0.15) is 0 Å². The Morgan fingerprint density at radius 2 is 1.88 bits per heavy atom. The summed E-state index contributed by atoms with van der Waals surface area (Å²) in [6, 6.07) is 6.60. The fraction of sp³-hybridized carbons (Fsp3) is 0.364. The average molecular weight is 274 g/mol. The summed E-state index contributed by atoms with van der Waals surface area (Å²) in [6.45, 7) is 0. The number of methoxy groups -OCH3 is 1. The molecule has 0 saturated carbocycles. The Bertz CT molecular complexity index is 477. The van der Waals surface area contributed by atoms with Gasteiger partial charge in [0.1, 0.15) is 0 Å². The van der Waals surface area contributed by atoms with Gasteiger partial charge in [-0.1, -0.05) is 0 Å². The Morgan fingerprint density at radius 3 is 2.35 bits per heavy atom. The molecule has 17 heavy (non-hydrogen) atoms. The highest BCUT2D eigenvalue weighted by Crippen LogP contribution is 2.18. The lowest BCUT2D eigenvalue weighted by Gasteiger charge is -2.04. The van der Waals surface area contributed by atoms with Crippen LogP contribution in [0, 0.1) is 0 Å². The molecule has 1 rings (SSSR count). The number of thioether (sulfide) groups is 1. The molecule has 1 aromatic carbocycles. The topological polar surface area (TPSA) is 60.4 Å². The zero-order chi connectivity index (χ0) is 12.9. The summed E-state index contributed by atoms with van der Waals surface area (Å²) in [5, 5.41) is 0. The molecule has 0 amide bonds. The summed E-state index contributed by atoms with van der Waals surface area (Å²) in [7, 11) is -2.16. The van der Waals surface area contributed by atoms with Crippen LogP contribution in [-0.2, 0) is 19.4 Å². The first-order valence-electron chi connectivity index (χ1n) is 4.93. The fourth-order valence-electron chi connectivity index (χ4n) is 1.22. The predicted molar refractivity (Wildman–Crippen MR) is 66.9 cm³/mol. The summed E-state index contributed by atoms with van der Waals surface area (Å²) in [5.41, 5.74) is 0. The second-order valence-corrected chi connectivity index (χ2v) is 6.31. The molecule has 94 valence electrons. The smallest absolute Gasteiger partial charge is 0.306 e. The maximum atomic E-state index is 11.8. The standard InChI is InChI=1S/C11H14O4S2/c1-15-11(12)7-8-17(13,14)10-5-3-9(16-2)4-6-10/h3-6H,7-8H2,1-2H3. The Hall–Kier alpha value is -1.01. The monoisotopic (exact) mass is 274 g/mol. The zero-order valence-electron chi connectivity index (χ0n) is 9.67. The molecule has 6 heteroatoms. The van der Waals surface area contributed by atoms with Crippen molar-refractivity contribution in [3.63, 3.8) is 0 Å². The minimum Gasteiger partial charge on any atom is -0.469 e. The molecule has 0 N–H and O–H groups in total. The molecule has 0 aliphatic rings. The number of carbonyl (C=O) groups excluding carboxylic acids is 1. The lowest BCUT2D eigenvalue weighted by Crippen LogP contribution is -2.12. The number of hydrogen-bond donors (Lipinski definition) is 0. The Labute approximate surface area is 105 Å². The van der Waals surface area contributed by atoms with E-state index in [1.54, 1.807) is 36.0 Å².